The quantitative estimate of drug-likeness (QED) is 0.357. The molecule has 4 aromatic carbocycles. The predicted octanol–water partition coefficient (Wildman–Crippen LogP) is 7.16. The number of para-hydroxylation sites is 1. The Hall–Kier alpha value is -3.58. The number of hydrogen-bond acceptors (Lipinski definition) is 0. The minimum absolute atomic E-state index is 1.16. The van der Waals surface area contributed by atoms with Crippen LogP contribution < -0.4 is 0 Å². The lowest BCUT2D eigenvalue weighted by atomic mass is 10.0. The van der Waals surface area contributed by atoms with E-state index < -0.39 is 0 Å². The van der Waals surface area contributed by atoms with Gasteiger partial charge in [-0.3, -0.25) is 0 Å². The van der Waals surface area contributed by atoms with Gasteiger partial charge in [0.15, 0.2) is 0 Å². The maximum atomic E-state index is 3.63. The predicted molar refractivity (Wildman–Crippen MR) is 117 cm³/mol. The summed E-state index contributed by atoms with van der Waals surface area (Å²) in [6.45, 7) is 0. The van der Waals surface area contributed by atoms with Crippen molar-refractivity contribution in [3.63, 3.8) is 0 Å². The zero-order valence-electron chi connectivity index (χ0n) is 14.9. The molecule has 0 aliphatic rings. The van der Waals surface area contributed by atoms with Crippen LogP contribution in [0.25, 0.3) is 45.1 Å². The monoisotopic (exact) mass is 345 g/mol. The number of H-pyrrole nitrogens is 1. The van der Waals surface area contributed by atoms with Gasteiger partial charge in [-0.25, -0.2) is 0 Å². The van der Waals surface area contributed by atoms with E-state index in [1.165, 1.54) is 32.8 Å². The molecule has 1 heterocycles. The summed E-state index contributed by atoms with van der Waals surface area (Å²) in [5.41, 5.74) is 5.96. The largest absolute Gasteiger partial charge is 0.354 e. The van der Waals surface area contributed by atoms with Gasteiger partial charge < -0.3 is 4.98 Å². The second-order valence-corrected chi connectivity index (χ2v) is 6.77. The van der Waals surface area contributed by atoms with Crippen molar-refractivity contribution in [3.8, 4) is 11.3 Å². The van der Waals surface area contributed by atoms with Gasteiger partial charge in [-0.1, -0.05) is 97.1 Å². The topological polar surface area (TPSA) is 15.8 Å². The van der Waals surface area contributed by atoms with Crippen molar-refractivity contribution < 1.29 is 0 Å². The van der Waals surface area contributed by atoms with Gasteiger partial charge in [-0.2, -0.15) is 0 Å². The van der Waals surface area contributed by atoms with Crippen LogP contribution in [0.4, 0.5) is 0 Å². The Morgan fingerprint density at radius 1 is 0.593 bits per heavy atom. The maximum absolute atomic E-state index is 3.63. The number of rotatable bonds is 3. The fourth-order valence-electron chi connectivity index (χ4n) is 3.65. The zero-order chi connectivity index (χ0) is 18.1. The molecule has 0 unspecified atom stereocenters. The molecule has 0 aliphatic heterocycles. The summed E-state index contributed by atoms with van der Waals surface area (Å²) < 4.78 is 0. The average Bonchev–Trinajstić information content (AvgIpc) is 3.11. The van der Waals surface area contributed by atoms with Crippen molar-refractivity contribution in [1.82, 2.24) is 4.98 Å². The van der Waals surface area contributed by atoms with Gasteiger partial charge in [0.2, 0.25) is 0 Å². The summed E-state index contributed by atoms with van der Waals surface area (Å²) in [5.74, 6) is 0. The molecule has 0 bridgehead atoms. The second-order valence-electron chi connectivity index (χ2n) is 6.77. The molecule has 0 fully saturated rings. The van der Waals surface area contributed by atoms with E-state index in [1.54, 1.807) is 0 Å². The molecular formula is C26H19N. The molecule has 128 valence electrons. The van der Waals surface area contributed by atoms with Crippen LogP contribution in [0.15, 0.2) is 97.1 Å². The average molecular weight is 345 g/mol. The van der Waals surface area contributed by atoms with Crippen molar-refractivity contribution >= 4 is 33.8 Å². The molecule has 1 heteroatoms. The Morgan fingerprint density at radius 2 is 1.33 bits per heavy atom. The number of aromatic nitrogens is 1. The summed E-state index contributed by atoms with van der Waals surface area (Å²) in [6, 6.07) is 34.1. The summed E-state index contributed by atoms with van der Waals surface area (Å²) in [4.78, 5) is 3.63. The number of aromatic amines is 1. The molecule has 1 nitrogen and oxygen atoms in total. The molecule has 0 amide bonds. The Bertz CT molecular complexity index is 1260. The molecule has 0 radical (unpaired) electrons. The van der Waals surface area contributed by atoms with E-state index in [0.29, 0.717) is 0 Å². The molecule has 0 spiro atoms. The van der Waals surface area contributed by atoms with Crippen LogP contribution in [0, 0.1) is 0 Å². The molecule has 1 aromatic heterocycles. The number of nitrogens with one attached hydrogen (secondary N) is 1. The standard InChI is InChI=1S/C26H19N/c1-2-8-19(9-3-1)14-17-24-23-12-6-7-13-25(23)27-26(24)22-16-15-20-10-4-5-11-21(20)18-22/h1-18,27H/b17-14+. The minimum atomic E-state index is 1.16. The Balaban J connectivity index is 1.70. The van der Waals surface area contributed by atoms with Crippen molar-refractivity contribution in [3.05, 3.63) is 108 Å². The van der Waals surface area contributed by atoms with Crippen LogP contribution in [-0.2, 0) is 0 Å². The first-order valence-corrected chi connectivity index (χ1v) is 9.21. The zero-order valence-corrected chi connectivity index (χ0v) is 14.9. The van der Waals surface area contributed by atoms with Crippen LogP contribution in [0.3, 0.4) is 0 Å². The van der Waals surface area contributed by atoms with E-state index in [0.717, 1.165) is 11.2 Å². The maximum Gasteiger partial charge on any atom is 0.0538 e. The molecule has 5 aromatic rings. The smallest absolute Gasteiger partial charge is 0.0538 e. The van der Waals surface area contributed by atoms with Crippen molar-refractivity contribution in [1.29, 1.82) is 0 Å². The Labute approximate surface area is 158 Å². The summed E-state index contributed by atoms with van der Waals surface area (Å²) in [7, 11) is 0. The van der Waals surface area contributed by atoms with E-state index in [2.05, 4.69) is 108 Å². The van der Waals surface area contributed by atoms with Crippen molar-refractivity contribution in [2.75, 3.05) is 0 Å². The first-order valence-electron chi connectivity index (χ1n) is 9.21. The third-order valence-corrected chi connectivity index (χ3v) is 5.03. The normalized spacial score (nSPS) is 11.6. The first-order chi connectivity index (χ1) is 13.4. The Morgan fingerprint density at radius 3 is 2.22 bits per heavy atom. The van der Waals surface area contributed by atoms with Gasteiger partial charge in [0.1, 0.15) is 0 Å². The summed E-state index contributed by atoms with van der Waals surface area (Å²) in [5, 5.41) is 3.76. The highest BCUT2D eigenvalue weighted by Crippen LogP contribution is 2.33. The highest BCUT2D eigenvalue weighted by molar-refractivity contribution is 6.00. The van der Waals surface area contributed by atoms with E-state index in [-0.39, 0.29) is 0 Å². The Kier molecular flexibility index (Phi) is 3.84. The molecule has 0 saturated carbocycles. The number of fused-ring (bicyclic) bond motifs is 2. The molecule has 1 N–H and O–H groups in total. The summed E-state index contributed by atoms with van der Waals surface area (Å²) in [6.07, 6.45) is 4.40. The third-order valence-electron chi connectivity index (χ3n) is 5.03. The lowest BCUT2D eigenvalue weighted by Gasteiger charge is -2.04. The number of benzene rings is 4. The van der Waals surface area contributed by atoms with Gasteiger partial charge >= 0.3 is 0 Å². The van der Waals surface area contributed by atoms with Gasteiger partial charge in [0, 0.05) is 16.5 Å². The second kappa shape index (κ2) is 6.62. The molecule has 0 saturated heterocycles. The highest BCUT2D eigenvalue weighted by Gasteiger charge is 2.11. The van der Waals surface area contributed by atoms with E-state index >= 15 is 0 Å². The third kappa shape index (κ3) is 2.94. The number of hydrogen-bond donors (Lipinski definition) is 1. The van der Waals surface area contributed by atoms with Gasteiger partial charge in [-0.15, -0.1) is 0 Å². The van der Waals surface area contributed by atoms with Crippen molar-refractivity contribution in [2.45, 2.75) is 0 Å². The van der Waals surface area contributed by atoms with E-state index in [9.17, 15) is 0 Å². The van der Waals surface area contributed by atoms with Gasteiger partial charge in [-0.05, 0) is 34.0 Å². The molecule has 27 heavy (non-hydrogen) atoms. The SMILES string of the molecule is C(=C\c1c(-c2ccc3ccccc3c2)[nH]c2ccccc12)/c1ccccc1. The lowest BCUT2D eigenvalue weighted by molar-refractivity contribution is 1.45. The minimum Gasteiger partial charge on any atom is -0.354 e. The van der Waals surface area contributed by atoms with E-state index in [1.807, 2.05) is 6.07 Å². The fraction of sp³-hybridized carbons (Fsp3) is 0. The van der Waals surface area contributed by atoms with Crippen LogP contribution in [0.2, 0.25) is 0 Å². The van der Waals surface area contributed by atoms with Crippen molar-refractivity contribution in [2.24, 2.45) is 0 Å². The van der Waals surface area contributed by atoms with Gasteiger partial charge in [0.05, 0.1) is 5.69 Å². The summed E-state index contributed by atoms with van der Waals surface area (Å²) >= 11 is 0. The lowest BCUT2D eigenvalue weighted by Crippen LogP contribution is -1.82. The molecule has 5 rings (SSSR count). The van der Waals surface area contributed by atoms with Crippen LogP contribution in [-0.4, -0.2) is 4.98 Å². The first kappa shape index (κ1) is 15.7. The van der Waals surface area contributed by atoms with Gasteiger partial charge in [0.25, 0.3) is 0 Å². The molecule has 0 aliphatic carbocycles. The molecule has 0 atom stereocenters. The fourth-order valence-corrected chi connectivity index (χ4v) is 3.65. The molecular weight excluding hydrogens is 326 g/mol. The van der Waals surface area contributed by atoms with Crippen LogP contribution in [0.1, 0.15) is 11.1 Å². The van der Waals surface area contributed by atoms with E-state index in [4.69, 9.17) is 0 Å². The highest BCUT2D eigenvalue weighted by atomic mass is 14.7. The van der Waals surface area contributed by atoms with Crippen LogP contribution >= 0.6 is 0 Å². The van der Waals surface area contributed by atoms with Crippen LogP contribution in [0.5, 0.6) is 0 Å².